The topological polar surface area (TPSA) is 44.7 Å². The van der Waals surface area contributed by atoms with E-state index in [0.29, 0.717) is 38.3 Å². The van der Waals surface area contributed by atoms with Gasteiger partial charge in [0.2, 0.25) is 0 Å². The van der Waals surface area contributed by atoms with E-state index < -0.39 is 5.60 Å². The normalized spacial score (nSPS) is 19.3. The third-order valence-electron chi connectivity index (χ3n) is 4.27. The van der Waals surface area contributed by atoms with Gasteiger partial charge in [0.1, 0.15) is 5.82 Å². The standard InChI is InChI=1S/C16H25FN2O2/c1-12(18-2)13-4-5-15(14(17)10-13)19(3)11-16(20)6-8-21-9-7-16/h4-5,10,12,18,20H,6-9,11H2,1-3H3. The van der Waals surface area contributed by atoms with Crippen LogP contribution in [0.1, 0.15) is 31.4 Å². The highest BCUT2D eigenvalue weighted by molar-refractivity contribution is 5.49. The van der Waals surface area contributed by atoms with E-state index in [0.717, 1.165) is 5.56 Å². The maximum Gasteiger partial charge on any atom is 0.146 e. The summed E-state index contributed by atoms with van der Waals surface area (Å²) in [6.45, 7) is 3.52. The molecule has 0 aromatic heterocycles. The zero-order valence-corrected chi connectivity index (χ0v) is 13.0. The number of nitrogens with zero attached hydrogens (tertiary/aromatic N) is 1. The molecule has 118 valence electrons. The Morgan fingerprint density at radius 2 is 2.10 bits per heavy atom. The first-order valence-electron chi connectivity index (χ1n) is 7.43. The van der Waals surface area contributed by atoms with Gasteiger partial charge in [-0.2, -0.15) is 0 Å². The minimum absolute atomic E-state index is 0.110. The van der Waals surface area contributed by atoms with E-state index in [9.17, 15) is 9.50 Å². The van der Waals surface area contributed by atoms with E-state index in [1.165, 1.54) is 0 Å². The van der Waals surface area contributed by atoms with Crippen LogP contribution in [-0.4, -0.2) is 44.6 Å². The molecule has 1 aromatic carbocycles. The van der Waals surface area contributed by atoms with Gasteiger partial charge in [0, 0.05) is 45.7 Å². The smallest absolute Gasteiger partial charge is 0.146 e. The molecule has 1 aliphatic rings. The summed E-state index contributed by atoms with van der Waals surface area (Å²) in [5.41, 5.74) is 0.634. The molecule has 1 aromatic rings. The maximum absolute atomic E-state index is 14.3. The van der Waals surface area contributed by atoms with Gasteiger partial charge in [-0.25, -0.2) is 4.39 Å². The molecule has 1 saturated heterocycles. The molecule has 4 nitrogen and oxygen atoms in total. The fraction of sp³-hybridized carbons (Fsp3) is 0.625. The lowest BCUT2D eigenvalue weighted by Gasteiger charge is -2.36. The van der Waals surface area contributed by atoms with Crippen molar-refractivity contribution in [2.24, 2.45) is 0 Å². The summed E-state index contributed by atoms with van der Waals surface area (Å²) < 4.78 is 19.6. The number of likely N-dealkylation sites (N-methyl/N-ethyl adjacent to an activating group) is 1. The summed E-state index contributed by atoms with van der Waals surface area (Å²) in [5, 5.41) is 13.6. The average molecular weight is 296 g/mol. The van der Waals surface area contributed by atoms with Crippen molar-refractivity contribution in [1.29, 1.82) is 0 Å². The molecule has 21 heavy (non-hydrogen) atoms. The average Bonchev–Trinajstić information content (AvgIpc) is 2.46. The molecule has 0 bridgehead atoms. The van der Waals surface area contributed by atoms with Crippen molar-refractivity contribution >= 4 is 5.69 Å². The number of ether oxygens (including phenoxy) is 1. The number of nitrogens with one attached hydrogen (secondary N) is 1. The van der Waals surface area contributed by atoms with Gasteiger partial charge in [-0.15, -0.1) is 0 Å². The van der Waals surface area contributed by atoms with Crippen molar-refractivity contribution in [3.8, 4) is 0 Å². The summed E-state index contributed by atoms with van der Waals surface area (Å²) in [5.74, 6) is -0.257. The molecule has 1 atom stereocenters. The van der Waals surface area contributed by atoms with Crippen LogP contribution in [0.2, 0.25) is 0 Å². The lowest BCUT2D eigenvalue weighted by Crippen LogP contribution is -2.46. The Balaban J connectivity index is 2.10. The second-order valence-electron chi connectivity index (χ2n) is 5.91. The summed E-state index contributed by atoms with van der Waals surface area (Å²) in [7, 11) is 3.66. The highest BCUT2D eigenvalue weighted by Crippen LogP contribution is 2.27. The minimum Gasteiger partial charge on any atom is -0.388 e. The van der Waals surface area contributed by atoms with Crippen LogP contribution in [0.3, 0.4) is 0 Å². The summed E-state index contributed by atoms with van der Waals surface area (Å²) in [4.78, 5) is 1.79. The van der Waals surface area contributed by atoms with Crippen LogP contribution in [0.5, 0.6) is 0 Å². The molecule has 1 heterocycles. The summed E-state index contributed by atoms with van der Waals surface area (Å²) >= 11 is 0. The third-order valence-corrected chi connectivity index (χ3v) is 4.27. The van der Waals surface area contributed by atoms with Crippen molar-refractivity contribution in [3.63, 3.8) is 0 Å². The van der Waals surface area contributed by atoms with Crippen molar-refractivity contribution in [1.82, 2.24) is 5.32 Å². The first-order valence-corrected chi connectivity index (χ1v) is 7.43. The first-order chi connectivity index (χ1) is 9.95. The van der Waals surface area contributed by atoms with Crippen LogP contribution in [0.15, 0.2) is 18.2 Å². The maximum atomic E-state index is 14.3. The van der Waals surface area contributed by atoms with Crippen LogP contribution in [0.25, 0.3) is 0 Å². The Hall–Kier alpha value is -1.17. The van der Waals surface area contributed by atoms with Crippen molar-refractivity contribution in [2.75, 3.05) is 38.8 Å². The highest BCUT2D eigenvalue weighted by atomic mass is 19.1. The Labute approximate surface area is 125 Å². The number of hydrogen-bond donors (Lipinski definition) is 2. The molecular formula is C16H25FN2O2. The predicted octanol–water partition coefficient (Wildman–Crippen LogP) is 2.08. The lowest BCUT2D eigenvalue weighted by molar-refractivity contribution is -0.0573. The lowest BCUT2D eigenvalue weighted by atomic mass is 9.93. The quantitative estimate of drug-likeness (QED) is 0.873. The van der Waals surface area contributed by atoms with E-state index in [4.69, 9.17) is 4.74 Å². The molecule has 1 fully saturated rings. The largest absolute Gasteiger partial charge is 0.388 e. The van der Waals surface area contributed by atoms with Crippen LogP contribution < -0.4 is 10.2 Å². The Morgan fingerprint density at radius 3 is 2.67 bits per heavy atom. The zero-order chi connectivity index (χ0) is 15.5. The molecule has 0 amide bonds. The number of anilines is 1. The van der Waals surface area contributed by atoms with Gasteiger partial charge < -0.3 is 20.1 Å². The second-order valence-corrected chi connectivity index (χ2v) is 5.91. The van der Waals surface area contributed by atoms with E-state index in [1.807, 2.05) is 27.1 Å². The van der Waals surface area contributed by atoms with Gasteiger partial charge >= 0.3 is 0 Å². The second kappa shape index (κ2) is 6.73. The first kappa shape index (κ1) is 16.2. The third kappa shape index (κ3) is 3.93. The van der Waals surface area contributed by atoms with E-state index >= 15 is 0 Å². The fourth-order valence-corrected chi connectivity index (χ4v) is 2.70. The molecule has 0 saturated carbocycles. The number of aliphatic hydroxyl groups is 1. The number of halogens is 1. The molecule has 0 radical (unpaired) electrons. The number of hydrogen-bond acceptors (Lipinski definition) is 4. The monoisotopic (exact) mass is 296 g/mol. The molecule has 2 N–H and O–H groups in total. The van der Waals surface area contributed by atoms with Gasteiger partial charge in [-0.3, -0.25) is 0 Å². The van der Waals surface area contributed by atoms with Crippen molar-refractivity contribution < 1.29 is 14.2 Å². The van der Waals surface area contributed by atoms with Crippen LogP contribution in [-0.2, 0) is 4.74 Å². The molecule has 5 heteroatoms. The molecular weight excluding hydrogens is 271 g/mol. The molecule has 2 rings (SSSR count). The van der Waals surface area contributed by atoms with E-state index in [-0.39, 0.29) is 11.9 Å². The summed E-state index contributed by atoms with van der Waals surface area (Å²) in [6, 6.07) is 5.37. The number of benzene rings is 1. The van der Waals surface area contributed by atoms with Crippen LogP contribution in [0.4, 0.5) is 10.1 Å². The highest BCUT2D eigenvalue weighted by Gasteiger charge is 2.31. The van der Waals surface area contributed by atoms with Gasteiger partial charge in [-0.1, -0.05) is 6.07 Å². The molecule has 1 aliphatic heterocycles. The van der Waals surface area contributed by atoms with Crippen molar-refractivity contribution in [3.05, 3.63) is 29.6 Å². The molecule has 1 unspecified atom stereocenters. The van der Waals surface area contributed by atoms with E-state index in [1.54, 1.807) is 17.0 Å². The fourth-order valence-electron chi connectivity index (χ4n) is 2.70. The Kier molecular flexibility index (Phi) is 5.19. The van der Waals surface area contributed by atoms with Crippen LogP contribution >= 0.6 is 0 Å². The van der Waals surface area contributed by atoms with Gasteiger partial charge in [0.25, 0.3) is 0 Å². The van der Waals surface area contributed by atoms with Gasteiger partial charge in [0.05, 0.1) is 11.3 Å². The Morgan fingerprint density at radius 1 is 1.43 bits per heavy atom. The van der Waals surface area contributed by atoms with Crippen molar-refractivity contribution in [2.45, 2.75) is 31.4 Å². The van der Waals surface area contributed by atoms with E-state index in [2.05, 4.69) is 5.32 Å². The predicted molar refractivity (Wildman–Crippen MR) is 82.1 cm³/mol. The SMILES string of the molecule is CNC(C)c1ccc(N(C)CC2(O)CCOCC2)c(F)c1. The molecule has 0 spiro atoms. The Bertz CT molecular complexity index is 475. The zero-order valence-electron chi connectivity index (χ0n) is 13.0. The van der Waals surface area contributed by atoms with Gasteiger partial charge in [-0.05, 0) is 31.7 Å². The summed E-state index contributed by atoms with van der Waals surface area (Å²) in [6.07, 6.45) is 1.18. The number of rotatable bonds is 5. The minimum atomic E-state index is -0.795. The molecule has 0 aliphatic carbocycles. The van der Waals surface area contributed by atoms with Gasteiger partial charge in [0.15, 0.2) is 0 Å². The van der Waals surface area contributed by atoms with Crippen LogP contribution in [0, 0.1) is 5.82 Å².